The highest BCUT2D eigenvalue weighted by Crippen LogP contribution is 2.29. The molecule has 0 bridgehead atoms. The summed E-state index contributed by atoms with van der Waals surface area (Å²) in [7, 11) is 1.55. The first-order valence-electron chi connectivity index (χ1n) is 10.5. The van der Waals surface area contributed by atoms with Gasteiger partial charge in [-0.1, -0.05) is 0 Å². The van der Waals surface area contributed by atoms with E-state index in [9.17, 15) is 22.8 Å². The number of hydrogen-bond donors (Lipinski definition) is 3. The molecule has 0 saturated heterocycles. The molecule has 0 atom stereocenters. The number of fused-ring (bicyclic) bond motifs is 1. The summed E-state index contributed by atoms with van der Waals surface area (Å²) in [5.74, 6) is -2.14. The number of esters is 1. The number of halogens is 3. The fraction of sp³-hybridized carbons (Fsp3) is 0.217. The van der Waals surface area contributed by atoms with E-state index in [0.29, 0.717) is 28.2 Å². The first-order chi connectivity index (χ1) is 17.0. The zero-order valence-electron chi connectivity index (χ0n) is 19.2. The van der Waals surface area contributed by atoms with Crippen LogP contribution in [0.3, 0.4) is 0 Å². The molecule has 2 aromatic carbocycles. The van der Waals surface area contributed by atoms with Gasteiger partial charge >= 0.3 is 17.9 Å². The van der Waals surface area contributed by atoms with Crippen molar-refractivity contribution in [3.63, 3.8) is 0 Å². The van der Waals surface area contributed by atoms with Crippen LogP contribution in [0.25, 0.3) is 11.1 Å². The Kier molecular flexibility index (Phi) is 6.55. The highest BCUT2D eigenvalue weighted by atomic mass is 19.4. The van der Waals surface area contributed by atoms with Crippen molar-refractivity contribution < 1.29 is 31.9 Å². The van der Waals surface area contributed by atoms with Crippen LogP contribution in [0, 0.1) is 13.8 Å². The number of anilines is 4. The number of aryl methyl sites for hydroxylation is 1. The summed E-state index contributed by atoms with van der Waals surface area (Å²) in [6.07, 6.45) is -3.91. The van der Waals surface area contributed by atoms with Crippen molar-refractivity contribution in [1.29, 1.82) is 0 Å². The molecule has 0 unspecified atom stereocenters. The molecule has 0 saturated carbocycles. The molecule has 0 aliphatic heterocycles. The molecule has 10 nitrogen and oxygen atoms in total. The largest absolute Gasteiger partial charge is 0.496 e. The summed E-state index contributed by atoms with van der Waals surface area (Å²) in [6.45, 7) is 3.09. The van der Waals surface area contributed by atoms with Crippen molar-refractivity contribution in [3.05, 3.63) is 63.8 Å². The van der Waals surface area contributed by atoms with E-state index in [2.05, 4.69) is 30.3 Å². The summed E-state index contributed by atoms with van der Waals surface area (Å²) < 4.78 is 52.5. The normalized spacial score (nSPS) is 11.4. The predicted octanol–water partition coefficient (Wildman–Crippen LogP) is 4.63. The van der Waals surface area contributed by atoms with Crippen LogP contribution < -0.4 is 21.1 Å². The fourth-order valence-electron chi connectivity index (χ4n) is 3.31. The Morgan fingerprint density at radius 3 is 2.64 bits per heavy atom. The summed E-state index contributed by atoms with van der Waals surface area (Å²) in [5.41, 5.74) is 3.75. The highest BCUT2D eigenvalue weighted by Gasteiger charge is 2.41. The predicted molar refractivity (Wildman–Crippen MR) is 124 cm³/mol. The lowest BCUT2D eigenvalue weighted by Gasteiger charge is -2.15. The Hall–Kier alpha value is -4.55. The zero-order valence-corrected chi connectivity index (χ0v) is 19.2. The van der Waals surface area contributed by atoms with Gasteiger partial charge in [0.25, 0.3) is 0 Å². The van der Waals surface area contributed by atoms with Gasteiger partial charge in [-0.25, -0.2) is 14.6 Å². The average molecular weight is 503 g/mol. The van der Waals surface area contributed by atoms with E-state index in [1.165, 1.54) is 12.3 Å². The van der Waals surface area contributed by atoms with Crippen LogP contribution >= 0.6 is 0 Å². The second kappa shape index (κ2) is 9.60. The molecule has 0 aliphatic carbocycles. The number of methoxy groups -OCH3 is 1. The van der Waals surface area contributed by atoms with Crippen molar-refractivity contribution in [1.82, 2.24) is 15.0 Å². The molecule has 4 rings (SSSR count). The van der Waals surface area contributed by atoms with Gasteiger partial charge in [0.1, 0.15) is 18.2 Å². The summed E-state index contributed by atoms with van der Waals surface area (Å²) >= 11 is 0. The maximum absolute atomic E-state index is 12.6. The number of aromatic nitrogens is 3. The van der Waals surface area contributed by atoms with Gasteiger partial charge < -0.3 is 24.5 Å². The molecule has 0 spiro atoms. The smallest absolute Gasteiger partial charge is 0.490 e. The number of alkyl halides is 3. The van der Waals surface area contributed by atoms with Gasteiger partial charge in [-0.3, -0.25) is 4.98 Å². The van der Waals surface area contributed by atoms with Gasteiger partial charge in [-0.2, -0.15) is 18.2 Å². The van der Waals surface area contributed by atoms with E-state index >= 15 is 0 Å². The number of nitrogens with zero attached hydrogens (tertiary/aromatic N) is 2. The van der Waals surface area contributed by atoms with Gasteiger partial charge in [0.05, 0.1) is 18.2 Å². The summed E-state index contributed by atoms with van der Waals surface area (Å²) in [5, 5.41) is 5.98. The number of oxazole rings is 1. The van der Waals surface area contributed by atoms with E-state index in [-0.39, 0.29) is 17.3 Å². The molecule has 0 amide bonds. The van der Waals surface area contributed by atoms with Crippen LogP contribution in [0.5, 0.6) is 5.75 Å². The monoisotopic (exact) mass is 503 g/mol. The van der Waals surface area contributed by atoms with Gasteiger partial charge in [-0.15, -0.1) is 0 Å². The molecule has 4 aromatic rings. The molecule has 36 heavy (non-hydrogen) atoms. The maximum Gasteiger partial charge on any atom is 0.490 e. The molecule has 0 radical (unpaired) electrons. The van der Waals surface area contributed by atoms with Crippen LogP contribution in [0.15, 0.2) is 45.7 Å². The number of nitrogens with one attached hydrogen (secondary N) is 3. The number of carbonyl (C=O) groups excluding carboxylic acids is 1. The Bertz CT molecular complexity index is 1500. The number of aromatic amines is 1. The minimum absolute atomic E-state index is 0.0727. The van der Waals surface area contributed by atoms with E-state index in [4.69, 9.17) is 9.15 Å². The Balaban J connectivity index is 1.66. The fourth-order valence-corrected chi connectivity index (χ4v) is 3.31. The zero-order chi connectivity index (χ0) is 26.0. The van der Waals surface area contributed by atoms with Crippen LogP contribution in [0.4, 0.5) is 36.3 Å². The molecule has 188 valence electrons. The lowest BCUT2D eigenvalue weighted by atomic mass is 10.1. The molecule has 2 aromatic heterocycles. The standard InChI is InChI=1S/C23H20F3N5O5/c1-11-6-15(8-18(34-3)12(11)2)29-21-27-9-13(10-35-20(32)23(24,25)26)19(31-21)28-14-4-5-17-16(7-14)30-22(33)36-17/h4-9H,10H2,1-3H3,(H,30,33)(H2,27,28,29,31). The molecular formula is C23H20F3N5O5. The minimum Gasteiger partial charge on any atom is -0.496 e. The Morgan fingerprint density at radius 2 is 1.92 bits per heavy atom. The quantitative estimate of drug-likeness (QED) is 0.309. The van der Waals surface area contributed by atoms with Crippen molar-refractivity contribution in [2.75, 3.05) is 17.7 Å². The third kappa shape index (κ3) is 5.40. The van der Waals surface area contributed by atoms with E-state index in [1.54, 1.807) is 25.3 Å². The molecule has 13 heteroatoms. The highest BCUT2D eigenvalue weighted by molar-refractivity contribution is 5.79. The topological polar surface area (TPSA) is 131 Å². The molecule has 2 heterocycles. The first kappa shape index (κ1) is 24.6. The Morgan fingerprint density at radius 1 is 1.14 bits per heavy atom. The lowest BCUT2D eigenvalue weighted by Crippen LogP contribution is -2.25. The minimum atomic E-state index is -5.14. The van der Waals surface area contributed by atoms with E-state index in [1.807, 2.05) is 19.9 Å². The van der Waals surface area contributed by atoms with Crippen molar-refractivity contribution >= 4 is 40.2 Å². The summed E-state index contributed by atoms with van der Waals surface area (Å²) in [6, 6.07) is 8.27. The number of rotatable bonds is 7. The van der Waals surface area contributed by atoms with Crippen molar-refractivity contribution in [2.24, 2.45) is 0 Å². The number of carbonyl (C=O) groups is 1. The van der Waals surface area contributed by atoms with Gasteiger partial charge in [0, 0.05) is 23.6 Å². The third-order valence-corrected chi connectivity index (χ3v) is 5.23. The SMILES string of the molecule is COc1cc(Nc2ncc(COC(=O)C(F)(F)F)c(Nc3ccc4oc(=O)[nH]c4c3)n2)cc(C)c1C. The summed E-state index contributed by atoms with van der Waals surface area (Å²) in [4.78, 5) is 33.6. The number of H-pyrrole nitrogens is 1. The van der Waals surface area contributed by atoms with Crippen molar-refractivity contribution in [2.45, 2.75) is 26.6 Å². The lowest BCUT2D eigenvalue weighted by molar-refractivity contribution is -0.201. The molecule has 3 N–H and O–H groups in total. The maximum atomic E-state index is 12.6. The average Bonchev–Trinajstić information content (AvgIpc) is 3.19. The molecular weight excluding hydrogens is 483 g/mol. The van der Waals surface area contributed by atoms with Gasteiger partial charge in [0.15, 0.2) is 5.58 Å². The number of benzene rings is 2. The molecule has 0 fully saturated rings. The van der Waals surface area contributed by atoms with Crippen LogP contribution in [0.2, 0.25) is 0 Å². The second-order valence-electron chi connectivity index (χ2n) is 7.74. The van der Waals surface area contributed by atoms with E-state index in [0.717, 1.165) is 11.1 Å². The van der Waals surface area contributed by atoms with E-state index < -0.39 is 24.5 Å². The van der Waals surface area contributed by atoms with Gasteiger partial charge in [-0.05, 0) is 49.2 Å². The van der Waals surface area contributed by atoms with Crippen LogP contribution in [-0.4, -0.2) is 34.2 Å². The first-order valence-corrected chi connectivity index (χ1v) is 10.5. The second-order valence-corrected chi connectivity index (χ2v) is 7.74. The van der Waals surface area contributed by atoms with Crippen molar-refractivity contribution in [3.8, 4) is 5.75 Å². The number of ether oxygens (including phenoxy) is 2. The third-order valence-electron chi connectivity index (χ3n) is 5.23. The number of hydrogen-bond acceptors (Lipinski definition) is 9. The Labute approximate surface area is 201 Å². The van der Waals surface area contributed by atoms with Crippen LogP contribution in [0.1, 0.15) is 16.7 Å². The molecule has 0 aliphatic rings. The van der Waals surface area contributed by atoms with Gasteiger partial charge in [0.2, 0.25) is 5.95 Å². The van der Waals surface area contributed by atoms with Crippen LogP contribution in [-0.2, 0) is 16.1 Å².